The second kappa shape index (κ2) is 5.02. The Kier molecular flexibility index (Phi) is 3.96. The molecule has 68 valence electrons. The van der Waals surface area contributed by atoms with E-state index in [9.17, 15) is 4.79 Å². The summed E-state index contributed by atoms with van der Waals surface area (Å²) in [5, 5.41) is 1.72. The predicted molar refractivity (Wildman–Crippen MR) is 54.3 cm³/mol. The highest BCUT2D eigenvalue weighted by Gasteiger charge is 2.06. The summed E-state index contributed by atoms with van der Waals surface area (Å²) in [6.45, 7) is 0.0665. The van der Waals surface area contributed by atoms with Gasteiger partial charge in [0.15, 0.2) is 0 Å². The number of amides is 1. The molecule has 13 heavy (non-hydrogen) atoms. The summed E-state index contributed by atoms with van der Waals surface area (Å²) in [6, 6.07) is 1.71. The molecule has 0 unspecified atom stereocenters. The Hall–Kier alpha value is -0.830. The molecule has 1 heterocycles. The monoisotopic (exact) mass is 259 g/mol. The smallest absolute Gasteiger partial charge is 0.267 e. The van der Waals surface area contributed by atoms with Crippen molar-refractivity contribution in [1.82, 2.24) is 5.48 Å². The van der Waals surface area contributed by atoms with Gasteiger partial charge in [0.05, 0.1) is 9.35 Å². The standard InChI is InChI=1S/C8H6BrNO2S/c1-2-3-12-10-8(11)6-4-7(9)13-5-6/h1,4-5H,3H2,(H,10,11). The second-order valence-electron chi connectivity index (χ2n) is 2.06. The topological polar surface area (TPSA) is 38.3 Å². The molecule has 0 atom stereocenters. The summed E-state index contributed by atoms with van der Waals surface area (Å²) >= 11 is 4.68. The zero-order valence-corrected chi connectivity index (χ0v) is 8.94. The lowest BCUT2D eigenvalue weighted by Crippen LogP contribution is -2.23. The van der Waals surface area contributed by atoms with Gasteiger partial charge < -0.3 is 0 Å². The Morgan fingerprint density at radius 2 is 2.62 bits per heavy atom. The normalized spacial score (nSPS) is 9.23. The van der Waals surface area contributed by atoms with Crippen LogP contribution in [0.5, 0.6) is 0 Å². The first-order valence-electron chi connectivity index (χ1n) is 3.33. The van der Waals surface area contributed by atoms with E-state index in [4.69, 9.17) is 6.42 Å². The Morgan fingerprint density at radius 3 is 3.15 bits per heavy atom. The van der Waals surface area contributed by atoms with Gasteiger partial charge in [0.25, 0.3) is 5.91 Å². The molecule has 1 amide bonds. The van der Waals surface area contributed by atoms with E-state index in [1.807, 2.05) is 0 Å². The lowest BCUT2D eigenvalue weighted by Gasteiger charge is -1.99. The third-order valence-electron chi connectivity index (χ3n) is 1.15. The Balaban J connectivity index is 2.45. The summed E-state index contributed by atoms with van der Waals surface area (Å²) in [5.41, 5.74) is 2.77. The molecule has 0 fully saturated rings. The van der Waals surface area contributed by atoms with Crippen molar-refractivity contribution >= 4 is 33.2 Å². The fourth-order valence-corrected chi connectivity index (χ4v) is 1.77. The number of hydroxylamine groups is 1. The summed E-state index contributed by atoms with van der Waals surface area (Å²) < 4.78 is 0.898. The van der Waals surface area contributed by atoms with Crippen molar-refractivity contribution in [3.05, 3.63) is 20.8 Å². The van der Waals surface area contributed by atoms with Crippen LogP contribution < -0.4 is 5.48 Å². The van der Waals surface area contributed by atoms with Crippen LogP contribution in [-0.2, 0) is 4.84 Å². The van der Waals surface area contributed by atoms with Gasteiger partial charge >= 0.3 is 0 Å². The van der Waals surface area contributed by atoms with E-state index in [0.717, 1.165) is 3.79 Å². The minimum absolute atomic E-state index is 0.0665. The summed E-state index contributed by atoms with van der Waals surface area (Å²) in [5.74, 6) is 1.94. The first-order chi connectivity index (χ1) is 6.24. The van der Waals surface area contributed by atoms with E-state index >= 15 is 0 Å². The van der Waals surface area contributed by atoms with E-state index in [-0.39, 0.29) is 12.5 Å². The highest BCUT2D eigenvalue weighted by molar-refractivity contribution is 9.11. The zero-order chi connectivity index (χ0) is 9.68. The van der Waals surface area contributed by atoms with Crippen molar-refractivity contribution in [2.75, 3.05) is 6.61 Å². The number of terminal acetylenes is 1. The van der Waals surface area contributed by atoms with Crippen molar-refractivity contribution in [3.8, 4) is 12.3 Å². The Labute approximate surface area is 88.2 Å². The molecule has 1 aromatic rings. The molecule has 5 heteroatoms. The van der Waals surface area contributed by atoms with Gasteiger partial charge in [0.2, 0.25) is 0 Å². The van der Waals surface area contributed by atoms with Crippen LogP contribution in [0.15, 0.2) is 15.2 Å². The quantitative estimate of drug-likeness (QED) is 0.511. The largest absolute Gasteiger partial charge is 0.275 e. The average molecular weight is 260 g/mol. The number of carbonyl (C=O) groups is 1. The molecule has 3 nitrogen and oxygen atoms in total. The fourth-order valence-electron chi connectivity index (χ4n) is 0.631. The van der Waals surface area contributed by atoms with Crippen LogP contribution in [0.2, 0.25) is 0 Å². The van der Waals surface area contributed by atoms with Gasteiger partial charge in [-0.25, -0.2) is 5.48 Å². The molecule has 0 spiro atoms. The molecule has 0 radical (unpaired) electrons. The highest BCUT2D eigenvalue weighted by Crippen LogP contribution is 2.20. The summed E-state index contributed by atoms with van der Waals surface area (Å²) in [6.07, 6.45) is 4.93. The molecular weight excluding hydrogens is 254 g/mol. The maximum absolute atomic E-state index is 11.2. The van der Waals surface area contributed by atoms with Crippen molar-refractivity contribution in [2.45, 2.75) is 0 Å². The molecule has 0 aliphatic carbocycles. The van der Waals surface area contributed by atoms with Crippen LogP contribution >= 0.6 is 27.3 Å². The average Bonchev–Trinajstić information content (AvgIpc) is 2.52. The fraction of sp³-hybridized carbons (Fsp3) is 0.125. The molecule has 0 bridgehead atoms. The lowest BCUT2D eigenvalue weighted by atomic mass is 10.3. The van der Waals surface area contributed by atoms with Crippen molar-refractivity contribution in [1.29, 1.82) is 0 Å². The van der Waals surface area contributed by atoms with Crippen LogP contribution in [0.4, 0.5) is 0 Å². The molecule has 1 aromatic heterocycles. The molecule has 1 rings (SSSR count). The first kappa shape index (κ1) is 10.3. The molecule has 0 saturated heterocycles. The van der Waals surface area contributed by atoms with Crippen molar-refractivity contribution in [3.63, 3.8) is 0 Å². The van der Waals surface area contributed by atoms with Gasteiger partial charge in [-0.2, -0.15) is 0 Å². The van der Waals surface area contributed by atoms with Gasteiger partial charge in [-0.1, -0.05) is 5.92 Å². The number of hydrogen-bond acceptors (Lipinski definition) is 3. The maximum Gasteiger partial charge on any atom is 0.275 e. The van der Waals surface area contributed by atoms with Gasteiger partial charge in [-0.3, -0.25) is 9.63 Å². The van der Waals surface area contributed by atoms with E-state index in [0.29, 0.717) is 5.56 Å². The van der Waals surface area contributed by atoms with E-state index in [1.54, 1.807) is 11.4 Å². The van der Waals surface area contributed by atoms with Crippen LogP contribution in [0.3, 0.4) is 0 Å². The lowest BCUT2D eigenvalue weighted by molar-refractivity contribution is 0.0438. The number of nitrogens with one attached hydrogen (secondary N) is 1. The van der Waals surface area contributed by atoms with Crippen LogP contribution in [0.25, 0.3) is 0 Å². The number of hydrogen-bond donors (Lipinski definition) is 1. The van der Waals surface area contributed by atoms with Gasteiger partial charge in [0.1, 0.15) is 6.61 Å². The summed E-state index contributed by atoms with van der Waals surface area (Å²) in [7, 11) is 0. The third-order valence-corrected chi connectivity index (χ3v) is 2.65. The predicted octanol–water partition coefficient (Wildman–Crippen LogP) is 1.81. The first-order valence-corrected chi connectivity index (χ1v) is 5.01. The minimum atomic E-state index is -0.294. The summed E-state index contributed by atoms with van der Waals surface area (Å²) in [4.78, 5) is 15.9. The maximum atomic E-state index is 11.2. The molecule has 0 aliphatic rings. The minimum Gasteiger partial charge on any atom is -0.267 e. The molecule has 0 aromatic carbocycles. The number of thiophene rings is 1. The van der Waals surface area contributed by atoms with Gasteiger partial charge in [0, 0.05) is 5.38 Å². The number of rotatable bonds is 3. The second-order valence-corrected chi connectivity index (χ2v) is 4.35. The van der Waals surface area contributed by atoms with Gasteiger partial charge in [-0.15, -0.1) is 17.8 Å². The highest BCUT2D eigenvalue weighted by atomic mass is 79.9. The van der Waals surface area contributed by atoms with Crippen LogP contribution in [0.1, 0.15) is 10.4 Å². The molecule has 0 saturated carbocycles. The van der Waals surface area contributed by atoms with Crippen molar-refractivity contribution < 1.29 is 9.63 Å². The van der Waals surface area contributed by atoms with E-state index in [2.05, 4.69) is 32.2 Å². The SMILES string of the molecule is C#CCONC(=O)c1csc(Br)c1. The number of halogens is 1. The third kappa shape index (κ3) is 3.19. The zero-order valence-electron chi connectivity index (χ0n) is 6.54. The Morgan fingerprint density at radius 1 is 1.85 bits per heavy atom. The van der Waals surface area contributed by atoms with Crippen LogP contribution in [-0.4, -0.2) is 12.5 Å². The van der Waals surface area contributed by atoms with Gasteiger partial charge in [-0.05, 0) is 22.0 Å². The van der Waals surface area contributed by atoms with Crippen LogP contribution in [0, 0.1) is 12.3 Å². The molecule has 1 N–H and O–H groups in total. The molecule has 0 aliphatic heterocycles. The van der Waals surface area contributed by atoms with E-state index < -0.39 is 0 Å². The Bertz CT molecular complexity index is 342. The van der Waals surface area contributed by atoms with Crippen molar-refractivity contribution in [2.24, 2.45) is 0 Å². The molecular formula is C8H6BrNO2S. The van der Waals surface area contributed by atoms with E-state index in [1.165, 1.54) is 11.3 Å². The number of carbonyl (C=O) groups excluding carboxylic acids is 1.